The molecule has 1 aromatic carbocycles. The highest BCUT2D eigenvalue weighted by Gasteiger charge is 2.31. The van der Waals surface area contributed by atoms with Crippen molar-refractivity contribution in [3.05, 3.63) is 36.1 Å². The van der Waals surface area contributed by atoms with Crippen LogP contribution in [-0.2, 0) is 24.3 Å². The Balaban J connectivity index is 1.61. The predicted molar refractivity (Wildman–Crippen MR) is 136 cm³/mol. The molecule has 0 unspecified atom stereocenters. The highest BCUT2D eigenvalue weighted by molar-refractivity contribution is 7.89. The van der Waals surface area contributed by atoms with E-state index in [0.717, 1.165) is 25.7 Å². The highest BCUT2D eigenvalue weighted by atomic mass is 32.2. The second-order valence-electron chi connectivity index (χ2n) is 9.70. The third-order valence-corrected chi connectivity index (χ3v) is 8.71. The van der Waals surface area contributed by atoms with Crippen molar-refractivity contribution in [2.24, 2.45) is 11.8 Å². The van der Waals surface area contributed by atoms with Crippen molar-refractivity contribution in [2.75, 3.05) is 33.4 Å². The van der Waals surface area contributed by atoms with E-state index in [2.05, 4.69) is 19.2 Å². The normalized spacial score (nSPS) is 21.2. The van der Waals surface area contributed by atoms with Crippen LogP contribution in [0.4, 0.5) is 0 Å². The van der Waals surface area contributed by atoms with Crippen LogP contribution in [-0.4, -0.2) is 69.5 Å². The minimum absolute atomic E-state index is 0.0362. The third-order valence-electron chi connectivity index (χ3n) is 6.80. The average Bonchev–Trinajstić information content (AvgIpc) is 2.88. The minimum atomic E-state index is -3.83. The van der Waals surface area contributed by atoms with E-state index in [-0.39, 0.29) is 54.8 Å². The second kappa shape index (κ2) is 13.4. The number of aliphatic hydroxyl groups excluding tert-OH is 1. The van der Waals surface area contributed by atoms with Crippen LogP contribution in [0.2, 0.25) is 0 Å². The maximum absolute atomic E-state index is 13.1. The molecule has 1 fully saturated rings. The van der Waals surface area contributed by atoms with Gasteiger partial charge in [-0.2, -0.15) is 4.31 Å². The van der Waals surface area contributed by atoms with E-state index in [0.29, 0.717) is 18.1 Å². The van der Waals surface area contributed by atoms with Gasteiger partial charge in [0.1, 0.15) is 5.75 Å². The number of amides is 1. The van der Waals surface area contributed by atoms with Crippen molar-refractivity contribution in [2.45, 2.75) is 69.6 Å². The van der Waals surface area contributed by atoms with Crippen LogP contribution in [0, 0.1) is 11.8 Å². The molecule has 0 aromatic heterocycles. The van der Waals surface area contributed by atoms with Gasteiger partial charge in [-0.05, 0) is 55.0 Å². The van der Waals surface area contributed by atoms with Crippen LogP contribution < -0.4 is 10.1 Å². The van der Waals surface area contributed by atoms with E-state index in [1.54, 1.807) is 12.1 Å². The highest BCUT2D eigenvalue weighted by Crippen LogP contribution is 2.29. The number of carbonyl (C=O) groups is 1. The Morgan fingerprint density at radius 1 is 1.17 bits per heavy atom. The molecule has 2 aliphatic rings. The summed E-state index contributed by atoms with van der Waals surface area (Å²) < 4.78 is 44.3. The fourth-order valence-electron chi connectivity index (χ4n) is 4.56. The van der Waals surface area contributed by atoms with Crippen molar-refractivity contribution in [3.8, 4) is 5.75 Å². The van der Waals surface area contributed by atoms with Crippen LogP contribution >= 0.6 is 0 Å². The van der Waals surface area contributed by atoms with E-state index in [9.17, 15) is 18.3 Å². The van der Waals surface area contributed by atoms with Gasteiger partial charge in [-0.25, -0.2) is 8.42 Å². The van der Waals surface area contributed by atoms with Gasteiger partial charge < -0.3 is 24.6 Å². The zero-order valence-electron chi connectivity index (χ0n) is 21.5. The zero-order valence-corrected chi connectivity index (χ0v) is 22.3. The maximum Gasteiger partial charge on any atom is 0.286 e. The first-order chi connectivity index (χ1) is 17.2. The number of allylic oxidation sites excluding steroid dienone is 1. The molecule has 3 rings (SSSR count). The number of hydrogen-bond donors (Lipinski definition) is 2. The van der Waals surface area contributed by atoms with Crippen molar-refractivity contribution in [1.29, 1.82) is 0 Å². The molecule has 202 valence electrons. The fourth-order valence-corrected chi connectivity index (χ4v) is 5.97. The lowest BCUT2D eigenvalue weighted by Gasteiger charge is -2.32. The fraction of sp³-hybridized carbons (Fsp3) is 0.654. The predicted octanol–water partition coefficient (Wildman–Crippen LogP) is 3.05. The summed E-state index contributed by atoms with van der Waals surface area (Å²) in [5.74, 6) is 1.00. The molecule has 0 bridgehead atoms. The molecule has 36 heavy (non-hydrogen) atoms. The Hall–Kier alpha value is -2.14. The minimum Gasteiger partial charge on any atom is -0.497 e. The molecular formula is C26H40N2O7S. The quantitative estimate of drug-likeness (QED) is 0.432. The molecule has 0 saturated heterocycles. The molecule has 9 nitrogen and oxygen atoms in total. The van der Waals surface area contributed by atoms with E-state index in [4.69, 9.17) is 14.2 Å². The smallest absolute Gasteiger partial charge is 0.286 e. The zero-order chi connectivity index (χ0) is 26.1. The topological polar surface area (TPSA) is 114 Å². The van der Waals surface area contributed by atoms with Crippen molar-refractivity contribution < 1.29 is 32.5 Å². The number of carbonyl (C=O) groups excluding carboxylic acids is 1. The number of sulfonamides is 1. The van der Waals surface area contributed by atoms with Gasteiger partial charge in [0.2, 0.25) is 16.3 Å². The van der Waals surface area contributed by atoms with Gasteiger partial charge in [-0.3, -0.25) is 4.79 Å². The third kappa shape index (κ3) is 7.68. The van der Waals surface area contributed by atoms with Gasteiger partial charge >= 0.3 is 0 Å². The Morgan fingerprint density at radius 3 is 2.47 bits per heavy atom. The van der Waals surface area contributed by atoms with Crippen molar-refractivity contribution >= 4 is 15.9 Å². The lowest BCUT2D eigenvalue weighted by atomic mass is 9.90. The molecule has 0 spiro atoms. The molecule has 10 heteroatoms. The number of nitrogens with one attached hydrogen (secondary N) is 1. The summed E-state index contributed by atoms with van der Waals surface area (Å²) in [5, 5.41) is 12.6. The molecule has 1 saturated carbocycles. The molecule has 1 aliphatic heterocycles. The monoisotopic (exact) mass is 524 g/mol. The standard InChI is InChI=1S/C26H40N2O7S/c1-19(2)20-17-24(26(30)27-21-7-5-4-6-8-21)35-25(18-20)34-16-14-28(13-15-29)36(31,32)23-11-9-22(33-3)10-12-23/h9-12,17,19-21,25,29H,4-8,13-16,18H2,1-3H3,(H,27,30)/t20-,25+/m1/s1. The summed E-state index contributed by atoms with van der Waals surface area (Å²) >= 11 is 0. The molecule has 2 atom stereocenters. The van der Waals surface area contributed by atoms with Crippen LogP contribution in [0.3, 0.4) is 0 Å². The summed E-state index contributed by atoms with van der Waals surface area (Å²) in [5.41, 5.74) is 0. The molecule has 1 amide bonds. The Labute approximate surface area is 214 Å². The average molecular weight is 525 g/mol. The lowest BCUT2D eigenvalue weighted by molar-refractivity contribution is -0.151. The van der Waals surface area contributed by atoms with Gasteiger partial charge in [-0.1, -0.05) is 33.1 Å². The first-order valence-electron chi connectivity index (χ1n) is 12.8. The van der Waals surface area contributed by atoms with Gasteiger partial charge in [0.15, 0.2) is 5.76 Å². The Morgan fingerprint density at radius 2 is 1.86 bits per heavy atom. The summed E-state index contributed by atoms with van der Waals surface area (Å²) in [6.07, 6.45) is 7.21. The van der Waals surface area contributed by atoms with Gasteiger partial charge in [-0.15, -0.1) is 0 Å². The first-order valence-corrected chi connectivity index (χ1v) is 14.2. The number of hydrogen-bond acceptors (Lipinski definition) is 7. The molecule has 1 heterocycles. The SMILES string of the molecule is COc1ccc(S(=O)(=O)N(CCO)CCO[C@@H]2C[C@H](C(C)C)C=C(C(=O)NC3CCCCC3)O2)cc1. The van der Waals surface area contributed by atoms with Crippen LogP contribution in [0.5, 0.6) is 5.75 Å². The van der Waals surface area contributed by atoms with Gasteiger partial charge in [0.25, 0.3) is 5.91 Å². The maximum atomic E-state index is 13.1. The van der Waals surface area contributed by atoms with E-state index in [1.165, 1.54) is 30.0 Å². The van der Waals surface area contributed by atoms with Crippen LogP contribution in [0.15, 0.2) is 41.0 Å². The summed E-state index contributed by atoms with van der Waals surface area (Å²) in [7, 11) is -2.32. The second-order valence-corrected chi connectivity index (χ2v) is 11.6. The van der Waals surface area contributed by atoms with E-state index in [1.807, 2.05) is 6.08 Å². The number of rotatable bonds is 12. The molecule has 1 aromatic rings. The largest absolute Gasteiger partial charge is 0.497 e. The summed E-state index contributed by atoms with van der Waals surface area (Å²) in [4.78, 5) is 13.0. The Bertz CT molecular complexity index is 973. The molecule has 0 radical (unpaired) electrons. The number of nitrogens with zero attached hydrogens (tertiary/aromatic N) is 1. The number of ether oxygens (including phenoxy) is 3. The van der Waals surface area contributed by atoms with Gasteiger partial charge in [0, 0.05) is 25.6 Å². The number of aliphatic hydroxyl groups is 1. The van der Waals surface area contributed by atoms with Gasteiger partial charge in [0.05, 0.1) is 25.2 Å². The Kier molecular flexibility index (Phi) is 10.6. The molecular weight excluding hydrogens is 484 g/mol. The molecule has 2 N–H and O–H groups in total. The van der Waals surface area contributed by atoms with Crippen LogP contribution in [0.25, 0.3) is 0 Å². The summed E-state index contributed by atoms with van der Waals surface area (Å²) in [6, 6.07) is 6.27. The number of methoxy groups -OCH3 is 1. The summed E-state index contributed by atoms with van der Waals surface area (Å²) in [6.45, 7) is 3.89. The first kappa shape index (κ1) is 28.4. The van der Waals surface area contributed by atoms with E-state index >= 15 is 0 Å². The lowest BCUT2D eigenvalue weighted by Crippen LogP contribution is -2.41. The van der Waals surface area contributed by atoms with Crippen LogP contribution in [0.1, 0.15) is 52.4 Å². The number of benzene rings is 1. The van der Waals surface area contributed by atoms with E-state index < -0.39 is 16.3 Å². The molecule has 1 aliphatic carbocycles. The van der Waals surface area contributed by atoms with Crippen molar-refractivity contribution in [3.63, 3.8) is 0 Å². The van der Waals surface area contributed by atoms with Crippen molar-refractivity contribution in [1.82, 2.24) is 9.62 Å².